The number of rotatable bonds is 7. The van der Waals surface area contributed by atoms with Gasteiger partial charge in [0.25, 0.3) is 5.91 Å². The maximum absolute atomic E-state index is 12.8. The molecule has 32 heavy (non-hydrogen) atoms. The third-order valence-electron chi connectivity index (χ3n) is 4.29. The minimum atomic E-state index is -4.88. The molecule has 0 atom stereocenters. The molecule has 6 nitrogen and oxygen atoms in total. The van der Waals surface area contributed by atoms with Gasteiger partial charge < -0.3 is 9.64 Å². The van der Waals surface area contributed by atoms with Gasteiger partial charge in [-0.25, -0.2) is 4.68 Å². The molecule has 170 valence electrons. The number of thioether (sulfide) groups is 1. The molecule has 1 fully saturated rings. The molecule has 1 aliphatic heterocycles. The van der Waals surface area contributed by atoms with Crippen LogP contribution in [0.2, 0.25) is 5.02 Å². The molecule has 1 aliphatic rings. The zero-order chi connectivity index (χ0) is 23.3. The molecule has 2 aromatic rings. The molecule has 3 rings (SSSR count). The number of halogens is 4. The van der Waals surface area contributed by atoms with Crippen molar-refractivity contribution in [2.24, 2.45) is 4.99 Å². The number of alkyl halides is 3. The van der Waals surface area contributed by atoms with Gasteiger partial charge in [0.05, 0.1) is 23.5 Å². The van der Waals surface area contributed by atoms with Crippen LogP contribution in [0.3, 0.4) is 0 Å². The predicted octanol–water partition coefficient (Wildman–Crippen LogP) is 5.71. The maximum Gasteiger partial charge on any atom is 0.573 e. The number of amides is 1. The Morgan fingerprint density at radius 1 is 1.38 bits per heavy atom. The van der Waals surface area contributed by atoms with Crippen LogP contribution in [0.5, 0.6) is 5.75 Å². The molecule has 0 unspecified atom stereocenters. The number of carbonyl (C=O) groups excluding carboxylic acids is 1. The van der Waals surface area contributed by atoms with Crippen molar-refractivity contribution in [3.05, 3.63) is 53.8 Å². The summed E-state index contributed by atoms with van der Waals surface area (Å²) >= 11 is 7.67. The summed E-state index contributed by atoms with van der Waals surface area (Å²) in [4.78, 5) is 18.6. The van der Waals surface area contributed by atoms with Crippen molar-refractivity contribution < 1.29 is 22.7 Å². The van der Waals surface area contributed by atoms with Crippen LogP contribution in [0.15, 0.2) is 48.1 Å². The first-order chi connectivity index (χ1) is 15.2. The molecule has 2 heterocycles. The van der Waals surface area contributed by atoms with Gasteiger partial charge in [-0.2, -0.15) is 5.10 Å². The lowest BCUT2D eigenvalue weighted by atomic mass is 10.1. The number of aromatic nitrogens is 2. The van der Waals surface area contributed by atoms with Crippen LogP contribution in [-0.4, -0.2) is 51.3 Å². The number of ether oxygens (including phenoxy) is 1. The normalized spacial score (nSPS) is 14.6. The van der Waals surface area contributed by atoms with Crippen LogP contribution in [0, 0.1) is 0 Å². The van der Waals surface area contributed by atoms with Gasteiger partial charge in [0.2, 0.25) is 0 Å². The van der Waals surface area contributed by atoms with E-state index in [1.807, 2.05) is 13.0 Å². The molecule has 1 amide bonds. The second-order valence-electron chi connectivity index (χ2n) is 6.72. The first-order valence-electron chi connectivity index (χ1n) is 9.59. The van der Waals surface area contributed by atoms with Gasteiger partial charge in [0.15, 0.2) is 5.69 Å². The van der Waals surface area contributed by atoms with Crippen LogP contribution in [-0.2, 0) is 0 Å². The SMILES string of the molecule is C=C(C=NC=CCC)n1nc(C(=O)N2CCSC2)cc1-c1cc(Cl)cc(OC(F)(F)F)c1. The third kappa shape index (κ3) is 6.17. The minimum Gasteiger partial charge on any atom is -0.406 e. The summed E-state index contributed by atoms with van der Waals surface area (Å²) in [6.07, 6.45) is 0.800. The second kappa shape index (κ2) is 10.3. The Hall–Kier alpha value is -2.72. The molecule has 0 N–H and O–H groups in total. The summed E-state index contributed by atoms with van der Waals surface area (Å²) in [5.41, 5.74) is 1.05. The molecule has 1 aromatic carbocycles. The van der Waals surface area contributed by atoms with Crippen LogP contribution in [0.1, 0.15) is 23.8 Å². The van der Waals surface area contributed by atoms with Crippen LogP contribution < -0.4 is 4.74 Å². The lowest BCUT2D eigenvalue weighted by Gasteiger charge is -2.12. The molecule has 0 bridgehead atoms. The van der Waals surface area contributed by atoms with E-state index < -0.39 is 12.1 Å². The number of aliphatic imine (C=N–C) groups is 1. The van der Waals surface area contributed by atoms with Crippen LogP contribution in [0.4, 0.5) is 13.2 Å². The molecule has 0 radical (unpaired) electrons. The smallest absolute Gasteiger partial charge is 0.406 e. The quantitative estimate of drug-likeness (QED) is 0.472. The fourth-order valence-electron chi connectivity index (χ4n) is 2.90. The van der Waals surface area contributed by atoms with Crippen LogP contribution >= 0.6 is 23.4 Å². The number of allylic oxidation sites excluding steroid dienone is 2. The number of nitrogens with zero attached hydrogens (tertiary/aromatic N) is 4. The van der Waals surface area contributed by atoms with E-state index in [2.05, 4.69) is 21.4 Å². The average Bonchev–Trinajstić information content (AvgIpc) is 3.39. The molecule has 1 saturated heterocycles. The summed E-state index contributed by atoms with van der Waals surface area (Å²) in [6.45, 7) is 6.48. The maximum atomic E-state index is 12.8. The van der Waals surface area contributed by atoms with E-state index in [4.69, 9.17) is 11.6 Å². The van der Waals surface area contributed by atoms with Crippen molar-refractivity contribution >= 4 is 41.2 Å². The van der Waals surface area contributed by atoms with Gasteiger partial charge in [-0.3, -0.25) is 9.79 Å². The molecule has 0 spiro atoms. The van der Waals surface area contributed by atoms with E-state index in [1.54, 1.807) is 22.9 Å². The Balaban J connectivity index is 2.04. The van der Waals surface area contributed by atoms with Crippen molar-refractivity contribution in [2.75, 3.05) is 18.2 Å². The monoisotopic (exact) mass is 484 g/mol. The highest BCUT2D eigenvalue weighted by Crippen LogP contribution is 2.33. The zero-order valence-corrected chi connectivity index (χ0v) is 18.7. The van der Waals surface area contributed by atoms with E-state index in [0.29, 0.717) is 23.8 Å². The topological polar surface area (TPSA) is 59.7 Å². The summed E-state index contributed by atoms with van der Waals surface area (Å²) in [6, 6.07) is 5.18. The second-order valence-corrected chi connectivity index (χ2v) is 8.23. The number of hydrogen-bond donors (Lipinski definition) is 0. The van der Waals surface area contributed by atoms with E-state index in [0.717, 1.165) is 18.2 Å². The molecule has 0 aliphatic carbocycles. The van der Waals surface area contributed by atoms with Gasteiger partial charge in [0.1, 0.15) is 5.75 Å². The highest BCUT2D eigenvalue weighted by atomic mass is 35.5. The first-order valence-corrected chi connectivity index (χ1v) is 11.1. The Labute approximate surface area is 192 Å². The summed E-state index contributed by atoms with van der Waals surface area (Å²) in [7, 11) is 0. The minimum absolute atomic E-state index is 0.0310. The Morgan fingerprint density at radius 3 is 2.81 bits per heavy atom. The molecular formula is C21H20ClF3N4O2S. The highest BCUT2D eigenvalue weighted by Gasteiger charge is 2.31. The fourth-order valence-corrected chi connectivity index (χ4v) is 4.07. The largest absolute Gasteiger partial charge is 0.573 e. The average molecular weight is 485 g/mol. The third-order valence-corrected chi connectivity index (χ3v) is 5.48. The van der Waals surface area contributed by atoms with Crippen molar-refractivity contribution in [1.82, 2.24) is 14.7 Å². The molecule has 11 heteroatoms. The standard InChI is InChI=1S/C21H20ClF3N4O2S/c1-3-4-5-26-12-14(2)29-19(11-18(27-29)20(30)28-6-7-32-13-28)15-8-16(22)10-17(9-15)31-21(23,24)25/h4-5,8-12H,2-3,6-7,13H2,1H3. The number of carbonyl (C=O) groups is 1. The van der Waals surface area contributed by atoms with Gasteiger partial charge in [-0.1, -0.05) is 31.2 Å². The fraction of sp³-hybridized carbons (Fsp3) is 0.286. The number of hydrogen-bond acceptors (Lipinski definition) is 5. The van der Waals surface area contributed by atoms with E-state index in [9.17, 15) is 18.0 Å². The highest BCUT2D eigenvalue weighted by molar-refractivity contribution is 7.99. The first kappa shape index (κ1) is 23.9. The lowest BCUT2D eigenvalue weighted by Crippen LogP contribution is -2.28. The Morgan fingerprint density at radius 2 is 2.16 bits per heavy atom. The predicted molar refractivity (Wildman–Crippen MR) is 121 cm³/mol. The van der Waals surface area contributed by atoms with Gasteiger partial charge in [-0.05, 0) is 30.7 Å². The Bertz CT molecular complexity index is 1060. The zero-order valence-electron chi connectivity index (χ0n) is 17.1. The van der Waals surface area contributed by atoms with Crippen molar-refractivity contribution in [3.63, 3.8) is 0 Å². The van der Waals surface area contributed by atoms with E-state index in [-0.39, 0.29) is 22.2 Å². The summed E-state index contributed by atoms with van der Waals surface area (Å²) < 4.78 is 43.6. The van der Waals surface area contributed by atoms with Crippen molar-refractivity contribution in [1.29, 1.82) is 0 Å². The van der Waals surface area contributed by atoms with Gasteiger partial charge in [0, 0.05) is 29.1 Å². The van der Waals surface area contributed by atoms with Crippen LogP contribution in [0.25, 0.3) is 17.0 Å². The van der Waals surface area contributed by atoms with Crippen molar-refractivity contribution in [3.8, 4) is 17.0 Å². The van der Waals surface area contributed by atoms with Gasteiger partial charge in [-0.15, -0.1) is 24.9 Å². The van der Waals surface area contributed by atoms with Crippen molar-refractivity contribution in [2.45, 2.75) is 19.7 Å². The lowest BCUT2D eigenvalue weighted by molar-refractivity contribution is -0.274. The Kier molecular flexibility index (Phi) is 7.68. The van der Waals surface area contributed by atoms with E-state index >= 15 is 0 Å². The summed E-state index contributed by atoms with van der Waals surface area (Å²) in [5, 5.41) is 4.39. The molecule has 1 aromatic heterocycles. The molecular weight excluding hydrogens is 465 g/mol. The van der Waals surface area contributed by atoms with E-state index in [1.165, 1.54) is 29.1 Å². The van der Waals surface area contributed by atoms with Gasteiger partial charge >= 0.3 is 6.36 Å². The summed E-state index contributed by atoms with van der Waals surface area (Å²) in [5.74, 6) is 0.613. The number of benzene rings is 1. The molecule has 0 saturated carbocycles.